The molecule has 0 saturated carbocycles. The highest BCUT2D eigenvalue weighted by molar-refractivity contribution is 6.04. The molecule has 0 atom stereocenters. The maximum Gasteiger partial charge on any atom is 0.300 e. The standard InChI is InChI=1S/C18H23N3O2/c1-2-6-17(22)19-15-7-9-16(10-8-15)20-18(23)11-14-21-12-4-3-5-13-21/h7-10H,3-5,11-14H2,1H3,(H,19,22)(H,20,23). The molecule has 0 unspecified atom stereocenters. The van der Waals surface area contributed by atoms with Crippen molar-refractivity contribution in [2.24, 2.45) is 0 Å². The van der Waals surface area contributed by atoms with Gasteiger partial charge in [0.15, 0.2) is 0 Å². The highest BCUT2D eigenvalue weighted by Gasteiger charge is 2.11. The lowest BCUT2D eigenvalue weighted by Gasteiger charge is -2.25. The zero-order valence-electron chi connectivity index (χ0n) is 13.5. The van der Waals surface area contributed by atoms with Crippen LogP contribution in [0.1, 0.15) is 32.6 Å². The number of rotatable bonds is 5. The summed E-state index contributed by atoms with van der Waals surface area (Å²) in [6, 6.07) is 7.03. The van der Waals surface area contributed by atoms with Gasteiger partial charge in [-0.15, -0.1) is 0 Å². The van der Waals surface area contributed by atoms with E-state index < -0.39 is 0 Å². The van der Waals surface area contributed by atoms with Crippen LogP contribution < -0.4 is 10.6 Å². The summed E-state index contributed by atoms with van der Waals surface area (Å²) in [4.78, 5) is 25.7. The molecule has 1 heterocycles. The topological polar surface area (TPSA) is 61.4 Å². The molecule has 0 aliphatic carbocycles. The Bertz CT molecular complexity index is 593. The van der Waals surface area contributed by atoms with Crippen molar-refractivity contribution < 1.29 is 9.59 Å². The predicted octanol–water partition coefficient (Wildman–Crippen LogP) is 2.46. The molecule has 0 aromatic heterocycles. The van der Waals surface area contributed by atoms with Crippen LogP contribution in [0, 0.1) is 11.8 Å². The van der Waals surface area contributed by atoms with Crippen molar-refractivity contribution in [3.8, 4) is 11.8 Å². The van der Waals surface area contributed by atoms with E-state index in [9.17, 15) is 9.59 Å². The quantitative estimate of drug-likeness (QED) is 0.821. The summed E-state index contributed by atoms with van der Waals surface area (Å²) in [7, 11) is 0. The first-order valence-electron chi connectivity index (χ1n) is 8.03. The summed E-state index contributed by atoms with van der Waals surface area (Å²) in [5.41, 5.74) is 1.39. The minimum atomic E-state index is -0.342. The Labute approximate surface area is 137 Å². The Kier molecular flexibility index (Phi) is 6.64. The number of nitrogens with one attached hydrogen (secondary N) is 2. The van der Waals surface area contributed by atoms with E-state index in [-0.39, 0.29) is 11.8 Å². The molecule has 2 rings (SSSR count). The predicted molar refractivity (Wildman–Crippen MR) is 92.1 cm³/mol. The molecule has 0 spiro atoms. The van der Waals surface area contributed by atoms with E-state index in [0.29, 0.717) is 12.1 Å². The molecule has 1 aliphatic rings. The Hall–Kier alpha value is -2.32. The number of hydrogen-bond acceptors (Lipinski definition) is 3. The van der Waals surface area contributed by atoms with Crippen LogP contribution in [-0.4, -0.2) is 36.3 Å². The van der Waals surface area contributed by atoms with Gasteiger partial charge in [-0.3, -0.25) is 9.59 Å². The van der Waals surface area contributed by atoms with E-state index in [4.69, 9.17) is 0 Å². The zero-order valence-corrected chi connectivity index (χ0v) is 13.5. The number of piperidine rings is 1. The average Bonchev–Trinajstić information content (AvgIpc) is 2.56. The molecule has 5 heteroatoms. The van der Waals surface area contributed by atoms with Gasteiger partial charge in [-0.2, -0.15) is 0 Å². The lowest BCUT2D eigenvalue weighted by molar-refractivity contribution is -0.116. The first kappa shape index (κ1) is 17.0. The zero-order chi connectivity index (χ0) is 16.5. The third-order valence-electron chi connectivity index (χ3n) is 3.77. The Balaban J connectivity index is 1.76. The fourth-order valence-electron chi connectivity index (χ4n) is 2.58. The van der Waals surface area contributed by atoms with Gasteiger partial charge in [-0.05, 0) is 63.0 Å². The SMILES string of the molecule is CC#CC(=O)Nc1ccc(NC(=O)CCN2CCCCC2)cc1. The van der Waals surface area contributed by atoms with E-state index in [1.807, 2.05) is 0 Å². The number of carbonyl (C=O) groups excluding carboxylic acids is 2. The van der Waals surface area contributed by atoms with Gasteiger partial charge in [0.2, 0.25) is 5.91 Å². The van der Waals surface area contributed by atoms with E-state index in [1.54, 1.807) is 31.2 Å². The Morgan fingerprint density at radius 1 is 1.04 bits per heavy atom. The second kappa shape index (κ2) is 8.96. The summed E-state index contributed by atoms with van der Waals surface area (Å²) >= 11 is 0. The van der Waals surface area contributed by atoms with Gasteiger partial charge in [0.1, 0.15) is 0 Å². The van der Waals surface area contributed by atoms with Crippen molar-refractivity contribution in [3.63, 3.8) is 0 Å². The average molecular weight is 313 g/mol. The molecule has 1 aliphatic heterocycles. The highest BCUT2D eigenvalue weighted by atomic mass is 16.2. The molecular weight excluding hydrogens is 290 g/mol. The molecule has 0 radical (unpaired) electrons. The number of benzene rings is 1. The smallest absolute Gasteiger partial charge is 0.300 e. The van der Waals surface area contributed by atoms with Crippen molar-refractivity contribution in [1.82, 2.24) is 4.90 Å². The first-order valence-corrected chi connectivity index (χ1v) is 8.03. The number of hydrogen-bond donors (Lipinski definition) is 2. The molecule has 1 aromatic carbocycles. The second-order valence-corrected chi connectivity index (χ2v) is 5.61. The summed E-state index contributed by atoms with van der Waals surface area (Å²) in [5.74, 6) is 4.63. The second-order valence-electron chi connectivity index (χ2n) is 5.61. The summed E-state index contributed by atoms with van der Waals surface area (Å²) in [6.07, 6.45) is 4.27. The van der Waals surface area contributed by atoms with Crippen LogP contribution in [0.2, 0.25) is 0 Å². The van der Waals surface area contributed by atoms with Crippen molar-refractivity contribution >= 4 is 23.2 Å². The van der Waals surface area contributed by atoms with E-state index in [2.05, 4.69) is 27.4 Å². The minimum Gasteiger partial charge on any atom is -0.326 e. The number of nitrogens with zero attached hydrogens (tertiary/aromatic N) is 1. The molecule has 1 fully saturated rings. The van der Waals surface area contributed by atoms with Crippen molar-refractivity contribution in [2.75, 3.05) is 30.3 Å². The van der Waals surface area contributed by atoms with E-state index in [0.717, 1.165) is 25.3 Å². The van der Waals surface area contributed by atoms with Gasteiger partial charge < -0.3 is 15.5 Å². The molecule has 2 N–H and O–H groups in total. The molecule has 1 aromatic rings. The van der Waals surface area contributed by atoms with Gasteiger partial charge in [0, 0.05) is 24.3 Å². The lowest BCUT2D eigenvalue weighted by Crippen LogP contribution is -2.32. The molecular formula is C18H23N3O2. The summed E-state index contributed by atoms with van der Waals surface area (Å²) < 4.78 is 0. The summed E-state index contributed by atoms with van der Waals surface area (Å²) in [5, 5.41) is 5.54. The maximum absolute atomic E-state index is 12.0. The minimum absolute atomic E-state index is 0.0178. The van der Waals surface area contributed by atoms with Crippen LogP contribution >= 0.6 is 0 Å². The number of amides is 2. The fraction of sp³-hybridized carbons (Fsp3) is 0.444. The van der Waals surface area contributed by atoms with Gasteiger partial charge >= 0.3 is 0 Å². The molecule has 1 saturated heterocycles. The fourth-order valence-corrected chi connectivity index (χ4v) is 2.58. The molecule has 5 nitrogen and oxygen atoms in total. The Morgan fingerprint density at radius 2 is 1.65 bits per heavy atom. The van der Waals surface area contributed by atoms with Gasteiger partial charge in [0.05, 0.1) is 0 Å². The van der Waals surface area contributed by atoms with Crippen LogP contribution in [0.4, 0.5) is 11.4 Å². The van der Waals surface area contributed by atoms with Crippen molar-refractivity contribution in [3.05, 3.63) is 24.3 Å². The van der Waals surface area contributed by atoms with Crippen LogP contribution in [0.15, 0.2) is 24.3 Å². The van der Waals surface area contributed by atoms with E-state index >= 15 is 0 Å². The van der Waals surface area contributed by atoms with Gasteiger partial charge in [0.25, 0.3) is 5.91 Å². The molecule has 2 amide bonds. The lowest BCUT2D eigenvalue weighted by atomic mass is 10.1. The normalized spacial score (nSPS) is 14.5. The number of likely N-dealkylation sites (tertiary alicyclic amines) is 1. The molecule has 0 bridgehead atoms. The highest BCUT2D eigenvalue weighted by Crippen LogP contribution is 2.14. The molecule has 122 valence electrons. The first-order chi connectivity index (χ1) is 11.2. The number of anilines is 2. The maximum atomic E-state index is 12.0. The summed E-state index contributed by atoms with van der Waals surface area (Å²) in [6.45, 7) is 4.63. The van der Waals surface area contributed by atoms with Crippen LogP contribution in [0.25, 0.3) is 0 Å². The third kappa shape index (κ3) is 6.13. The van der Waals surface area contributed by atoms with Crippen LogP contribution in [-0.2, 0) is 9.59 Å². The molecule has 23 heavy (non-hydrogen) atoms. The largest absolute Gasteiger partial charge is 0.326 e. The third-order valence-corrected chi connectivity index (χ3v) is 3.77. The number of carbonyl (C=O) groups is 2. The van der Waals surface area contributed by atoms with Gasteiger partial charge in [-0.1, -0.05) is 12.3 Å². The Morgan fingerprint density at radius 3 is 2.26 bits per heavy atom. The van der Waals surface area contributed by atoms with Gasteiger partial charge in [-0.25, -0.2) is 0 Å². The monoisotopic (exact) mass is 313 g/mol. The van der Waals surface area contributed by atoms with Crippen LogP contribution in [0.5, 0.6) is 0 Å². The van der Waals surface area contributed by atoms with Crippen molar-refractivity contribution in [2.45, 2.75) is 32.6 Å². The van der Waals surface area contributed by atoms with Crippen molar-refractivity contribution in [1.29, 1.82) is 0 Å². The van der Waals surface area contributed by atoms with E-state index in [1.165, 1.54) is 19.3 Å². The van der Waals surface area contributed by atoms with Crippen LogP contribution in [0.3, 0.4) is 0 Å².